The molecule has 3 saturated heterocycles. The predicted octanol–water partition coefficient (Wildman–Crippen LogP) is 5.47. The molecule has 0 unspecified atom stereocenters. The SMILES string of the molecule is Cc1cc2cc(n1)-c1cnn(C)c1OCCC[C@@H](C)CN1/C(=N/C2=O)Nc2ccc(CN3CCN(C[C@H]4CCN(c5cc(F)c([C@H]6CCC(=O)NC6=O)c(F)c5)C4)CC3)cc21. The fourth-order valence-electron chi connectivity index (χ4n) is 9.47. The van der Waals surface area contributed by atoms with Gasteiger partial charge in [-0.3, -0.25) is 29.6 Å². The van der Waals surface area contributed by atoms with Gasteiger partial charge in [0, 0.05) is 94.9 Å². The van der Waals surface area contributed by atoms with Gasteiger partial charge in [-0.15, -0.1) is 0 Å². The van der Waals surface area contributed by atoms with E-state index in [1.165, 1.54) is 17.7 Å². The van der Waals surface area contributed by atoms with Crippen LogP contribution in [0.3, 0.4) is 0 Å². The number of imide groups is 1. The third-order valence-electron chi connectivity index (χ3n) is 12.7. The second-order valence-corrected chi connectivity index (χ2v) is 17.3. The molecular weight excluding hydrogens is 783 g/mol. The zero-order valence-corrected chi connectivity index (χ0v) is 34.9. The molecule has 0 aliphatic carbocycles. The number of aliphatic imine (C=N–C) groups is 1. The number of amides is 3. The Balaban J connectivity index is 0.827. The highest BCUT2D eigenvalue weighted by atomic mass is 19.1. The summed E-state index contributed by atoms with van der Waals surface area (Å²) in [6, 6.07) is 12.6. The molecule has 7 heterocycles. The van der Waals surface area contributed by atoms with E-state index < -0.39 is 29.4 Å². The predicted molar refractivity (Wildman–Crippen MR) is 228 cm³/mol. The highest BCUT2D eigenvalue weighted by Gasteiger charge is 2.35. The van der Waals surface area contributed by atoms with Crippen LogP contribution in [0.25, 0.3) is 11.3 Å². The van der Waals surface area contributed by atoms with E-state index in [0.29, 0.717) is 66.6 Å². The third kappa shape index (κ3) is 8.60. The van der Waals surface area contributed by atoms with E-state index in [1.54, 1.807) is 23.0 Å². The number of piperazine rings is 1. The van der Waals surface area contributed by atoms with Crippen LogP contribution >= 0.6 is 0 Å². The summed E-state index contributed by atoms with van der Waals surface area (Å²) in [4.78, 5) is 56.2. The molecule has 2 aromatic heterocycles. The van der Waals surface area contributed by atoms with Gasteiger partial charge in [0.15, 0.2) is 0 Å². The van der Waals surface area contributed by atoms with Crippen LogP contribution in [-0.4, -0.2) is 107 Å². The fraction of sp³-hybridized carbons (Fsp3) is 0.467. The molecule has 4 aromatic rings. The molecule has 2 aromatic carbocycles. The lowest BCUT2D eigenvalue weighted by atomic mass is 9.89. The number of rotatable bonds is 6. The summed E-state index contributed by atoms with van der Waals surface area (Å²) in [6.07, 6.45) is 4.58. The van der Waals surface area contributed by atoms with Crippen molar-refractivity contribution in [1.82, 2.24) is 29.9 Å². The topological polar surface area (TPSA) is 141 Å². The molecule has 2 bridgehead atoms. The van der Waals surface area contributed by atoms with E-state index in [9.17, 15) is 14.4 Å². The summed E-state index contributed by atoms with van der Waals surface area (Å²) in [5.41, 5.74) is 5.85. The number of aromatic nitrogens is 3. The Labute approximate surface area is 353 Å². The molecule has 9 rings (SSSR count). The van der Waals surface area contributed by atoms with Crippen LogP contribution in [-0.2, 0) is 23.2 Å². The van der Waals surface area contributed by atoms with Crippen LogP contribution in [0.1, 0.15) is 72.1 Å². The number of nitrogens with zero attached hydrogens (tertiary/aromatic N) is 8. The van der Waals surface area contributed by atoms with Crippen molar-refractivity contribution >= 4 is 40.7 Å². The first kappa shape index (κ1) is 40.7. The van der Waals surface area contributed by atoms with E-state index in [4.69, 9.17) is 9.72 Å². The number of hydrogen-bond acceptors (Lipinski definition) is 11. The lowest BCUT2D eigenvalue weighted by Gasteiger charge is -2.36. The van der Waals surface area contributed by atoms with E-state index in [1.807, 2.05) is 18.9 Å². The Kier molecular flexibility index (Phi) is 11.3. The Hall–Kier alpha value is -5.74. The molecule has 3 amide bonds. The maximum Gasteiger partial charge on any atom is 0.280 e. The molecule has 0 spiro atoms. The molecule has 3 fully saturated rings. The van der Waals surface area contributed by atoms with Crippen molar-refractivity contribution in [3.8, 4) is 17.1 Å². The van der Waals surface area contributed by atoms with Crippen LogP contribution < -0.4 is 25.2 Å². The molecule has 5 aliphatic heterocycles. The van der Waals surface area contributed by atoms with Gasteiger partial charge >= 0.3 is 0 Å². The number of fused-ring (bicyclic) bond motifs is 7. The average Bonchev–Trinajstić information content (AvgIpc) is 3.94. The minimum absolute atomic E-state index is 0.0608. The highest BCUT2D eigenvalue weighted by Crippen LogP contribution is 2.37. The molecule has 61 heavy (non-hydrogen) atoms. The smallest absolute Gasteiger partial charge is 0.280 e. The maximum absolute atomic E-state index is 15.3. The van der Waals surface area contributed by atoms with Crippen molar-refractivity contribution in [2.75, 3.05) is 74.1 Å². The number of piperidine rings is 1. The Bertz CT molecular complexity index is 2370. The number of anilines is 3. The number of ether oxygens (including phenoxy) is 1. The summed E-state index contributed by atoms with van der Waals surface area (Å²) in [7, 11) is 1.84. The van der Waals surface area contributed by atoms with Crippen molar-refractivity contribution in [1.29, 1.82) is 0 Å². The molecule has 5 aliphatic rings. The monoisotopic (exact) mass is 834 g/mol. The largest absolute Gasteiger partial charge is 0.477 e. The number of guanidine groups is 1. The van der Waals surface area contributed by atoms with Crippen LogP contribution in [0, 0.1) is 30.4 Å². The lowest BCUT2D eigenvalue weighted by Crippen LogP contribution is -2.47. The Morgan fingerprint density at radius 3 is 2.48 bits per heavy atom. The number of benzene rings is 2. The molecule has 320 valence electrons. The normalized spacial score (nSPS) is 23.5. The van der Waals surface area contributed by atoms with E-state index in [0.717, 1.165) is 75.5 Å². The average molecular weight is 835 g/mol. The summed E-state index contributed by atoms with van der Waals surface area (Å²) in [5.74, 6) is -2.12. The van der Waals surface area contributed by atoms with Crippen molar-refractivity contribution in [3.63, 3.8) is 0 Å². The van der Waals surface area contributed by atoms with Gasteiger partial charge in [0.2, 0.25) is 23.7 Å². The molecule has 0 radical (unpaired) electrons. The van der Waals surface area contributed by atoms with Crippen molar-refractivity contribution < 1.29 is 27.9 Å². The number of aryl methyl sites for hydroxylation is 2. The van der Waals surface area contributed by atoms with Gasteiger partial charge in [-0.1, -0.05) is 13.0 Å². The lowest BCUT2D eigenvalue weighted by molar-refractivity contribution is -0.134. The third-order valence-corrected chi connectivity index (χ3v) is 12.7. The van der Waals surface area contributed by atoms with Gasteiger partial charge in [-0.25, -0.2) is 13.5 Å². The molecule has 0 saturated carbocycles. The second kappa shape index (κ2) is 17.0. The van der Waals surface area contributed by atoms with Gasteiger partial charge in [-0.05, 0) is 86.4 Å². The zero-order valence-electron chi connectivity index (χ0n) is 34.9. The van der Waals surface area contributed by atoms with Crippen molar-refractivity contribution in [2.24, 2.45) is 23.9 Å². The van der Waals surface area contributed by atoms with E-state index in [-0.39, 0.29) is 30.2 Å². The number of carbonyl (C=O) groups excluding carboxylic acids is 3. The van der Waals surface area contributed by atoms with Crippen LogP contribution in [0.5, 0.6) is 5.88 Å². The summed E-state index contributed by atoms with van der Waals surface area (Å²) < 4.78 is 38.5. The highest BCUT2D eigenvalue weighted by molar-refractivity contribution is 6.19. The molecule has 2 N–H and O–H groups in total. The maximum atomic E-state index is 15.3. The van der Waals surface area contributed by atoms with Gasteiger partial charge in [0.25, 0.3) is 5.91 Å². The minimum Gasteiger partial charge on any atom is -0.477 e. The fourth-order valence-corrected chi connectivity index (χ4v) is 9.47. The standard InChI is InChI=1S/C45H52F2N10O4/c1-27-5-4-16-61-44-34(22-48-53(44)3)38-19-31(17-28(2)49-38)42(59)52-45-50-37-8-6-29(18-39(37)57(45)23-27)24-54-12-14-55(15-13-54)25-30-10-11-56(26-30)32-20-35(46)41(36(47)21-32)33-7-9-40(58)51-43(33)60/h6,8,17-22,27,30,33H,4-5,7,9-16,23-26H2,1-3H3,(H,50,52,59)(H,51,58,60)/t27-,30-,33-/m1/s1. The van der Waals surface area contributed by atoms with Crippen LogP contribution in [0.4, 0.5) is 25.8 Å². The van der Waals surface area contributed by atoms with E-state index >= 15 is 8.78 Å². The van der Waals surface area contributed by atoms with E-state index in [2.05, 4.69) is 60.5 Å². The number of nitrogens with one attached hydrogen (secondary N) is 2. The number of pyridine rings is 1. The quantitative estimate of drug-likeness (QED) is 0.239. The second-order valence-electron chi connectivity index (χ2n) is 17.3. The van der Waals surface area contributed by atoms with Gasteiger partial charge in [0.05, 0.1) is 41.4 Å². The van der Waals surface area contributed by atoms with Gasteiger partial charge in [0.1, 0.15) is 11.6 Å². The summed E-state index contributed by atoms with van der Waals surface area (Å²) in [6.45, 7) is 12.1. The zero-order chi connectivity index (χ0) is 42.4. The van der Waals surface area contributed by atoms with Crippen LogP contribution in [0.15, 0.2) is 53.7 Å². The first-order valence-electron chi connectivity index (χ1n) is 21.4. The summed E-state index contributed by atoms with van der Waals surface area (Å²) in [5, 5.41) is 10.0. The van der Waals surface area contributed by atoms with Crippen molar-refractivity contribution in [2.45, 2.75) is 58.4 Å². The first-order chi connectivity index (χ1) is 29.4. The first-order valence-corrected chi connectivity index (χ1v) is 21.4. The summed E-state index contributed by atoms with van der Waals surface area (Å²) >= 11 is 0. The molecule has 3 atom stereocenters. The van der Waals surface area contributed by atoms with Gasteiger partial charge in [-0.2, -0.15) is 10.1 Å². The number of carbonyl (C=O) groups is 3. The number of hydrogen-bond donors (Lipinski definition) is 2. The molecule has 16 heteroatoms. The Morgan fingerprint density at radius 2 is 1.69 bits per heavy atom. The Morgan fingerprint density at radius 1 is 0.902 bits per heavy atom. The van der Waals surface area contributed by atoms with Gasteiger partial charge < -0.3 is 24.8 Å². The molecule has 14 nitrogen and oxygen atoms in total. The minimum atomic E-state index is -1.01. The number of halogens is 2. The molecular formula is C45H52F2N10O4. The van der Waals surface area contributed by atoms with Crippen LogP contribution in [0.2, 0.25) is 0 Å². The van der Waals surface area contributed by atoms with Crippen molar-refractivity contribution in [3.05, 3.63) is 82.7 Å².